The lowest BCUT2D eigenvalue weighted by atomic mass is 10.1. The van der Waals surface area contributed by atoms with Crippen molar-refractivity contribution in [3.63, 3.8) is 0 Å². The lowest BCUT2D eigenvalue weighted by Crippen LogP contribution is -2.41. The third-order valence-electron chi connectivity index (χ3n) is 4.66. The first-order valence-electron chi connectivity index (χ1n) is 8.85. The molecule has 2 aromatic carbocycles. The Bertz CT molecular complexity index is 924. The number of likely N-dealkylation sites (tertiary alicyclic amines) is 1. The van der Waals surface area contributed by atoms with Crippen molar-refractivity contribution >= 4 is 28.8 Å². The molecule has 2 amide bonds. The van der Waals surface area contributed by atoms with Crippen LogP contribution in [0.2, 0.25) is 0 Å². The molecule has 0 spiro atoms. The molecule has 1 N–H and O–H groups in total. The number of carbonyl (C=O) groups excluding carboxylic acids is 2. The molecule has 1 unspecified atom stereocenters. The minimum absolute atomic E-state index is 0.0260. The van der Waals surface area contributed by atoms with Crippen molar-refractivity contribution in [2.75, 3.05) is 5.32 Å². The van der Waals surface area contributed by atoms with Gasteiger partial charge >= 0.3 is 0 Å². The molecule has 0 radical (unpaired) electrons. The fourth-order valence-electron chi connectivity index (χ4n) is 3.27. The predicted octanol–water partition coefficient (Wildman–Crippen LogP) is 3.94. The number of nitrogens with zero attached hydrogens (tertiary/aromatic N) is 2. The molecule has 136 valence electrons. The second kappa shape index (κ2) is 7.72. The van der Waals surface area contributed by atoms with E-state index in [1.165, 1.54) is 0 Å². The van der Waals surface area contributed by atoms with Gasteiger partial charge in [-0.25, -0.2) is 4.98 Å². The molecule has 1 aromatic heterocycles. The van der Waals surface area contributed by atoms with Crippen LogP contribution in [0.15, 0.2) is 66.2 Å². The van der Waals surface area contributed by atoms with Gasteiger partial charge in [0.15, 0.2) is 0 Å². The molecule has 3 aromatic rings. The predicted molar refractivity (Wildman–Crippen MR) is 106 cm³/mol. The highest BCUT2D eigenvalue weighted by Gasteiger charge is 2.35. The molecule has 1 aliphatic heterocycles. The van der Waals surface area contributed by atoms with Crippen LogP contribution < -0.4 is 5.32 Å². The van der Waals surface area contributed by atoms with E-state index in [1.807, 2.05) is 60.0 Å². The molecular weight excluding hydrogens is 358 g/mol. The van der Waals surface area contributed by atoms with E-state index in [0.717, 1.165) is 21.8 Å². The second-order valence-corrected chi connectivity index (χ2v) is 7.36. The van der Waals surface area contributed by atoms with Crippen molar-refractivity contribution < 1.29 is 9.59 Å². The summed E-state index contributed by atoms with van der Waals surface area (Å²) in [5, 5.41) is 5.82. The molecule has 0 aliphatic carbocycles. The fourth-order valence-corrected chi connectivity index (χ4v) is 3.92. The molecule has 27 heavy (non-hydrogen) atoms. The molecule has 1 atom stereocenters. The average Bonchev–Trinajstić information content (AvgIpc) is 3.34. The van der Waals surface area contributed by atoms with Gasteiger partial charge < -0.3 is 10.2 Å². The van der Waals surface area contributed by atoms with Gasteiger partial charge in [-0.15, -0.1) is 11.3 Å². The molecule has 5 nitrogen and oxygen atoms in total. The van der Waals surface area contributed by atoms with Gasteiger partial charge in [0.1, 0.15) is 11.0 Å². The molecule has 1 fully saturated rings. The maximum absolute atomic E-state index is 12.8. The van der Waals surface area contributed by atoms with Gasteiger partial charge in [0.2, 0.25) is 11.8 Å². The Morgan fingerprint density at radius 2 is 1.93 bits per heavy atom. The highest BCUT2D eigenvalue weighted by molar-refractivity contribution is 7.13. The van der Waals surface area contributed by atoms with E-state index in [4.69, 9.17) is 0 Å². The molecule has 6 heteroatoms. The first kappa shape index (κ1) is 17.4. The topological polar surface area (TPSA) is 62.3 Å². The van der Waals surface area contributed by atoms with Crippen molar-refractivity contribution in [3.8, 4) is 10.6 Å². The molecule has 1 saturated heterocycles. The fraction of sp³-hybridized carbons (Fsp3) is 0.190. The quantitative estimate of drug-likeness (QED) is 0.733. The van der Waals surface area contributed by atoms with Crippen LogP contribution in [-0.4, -0.2) is 27.7 Å². The summed E-state index contributed by atoms with van der Waals surface area (Å²) in [4.78, 5) is 31.0. The smallest absolute Gasteiger partial charge is 0.247 e. The summed E-state index contributed by atoms with van der Waals surface area (Å²) in [6.07, 6.45) is 2.73. The zero-order valence-electron chi connectivity index (χ0n) is 14.7. The zero-order valence-corrected chi connectivity index (χ0v) is 15.5. The largest absolute Gasteiger partial charge is 0.326 e. The van der Waals surface area contributed by atoms with E-state index in [0.29, 0.717) is 19.4 Å². The maximum Gasteiger partial charge on any atom is 0.247 e. The minimum Gasteiger partial charge on any atom is -0.326 e. The third kappa shape index (κ3) is 3.90. The van der Waals surface area contributed by atoms with E-state index in [9.17, 15) is 9.59 Å². The van der Waals surface area contributed by atoms with Gasteiger partial charge in [-0.05, 0) is 36.2 Å². The van der Waals surface area contributed by atoms with Gasteiger partial charge in [0.05, 0.1) is 0 Å². The lowest BCUT2D eigenvalue weighted by Gasteiger charge is -2.24. The van der Waals surface area contributed by atoms with E-state index in [-0.39, 0.29) is 11.8 Å². The number of aromatic nitrogens is 1. The number of thiazole rings is 1. The third-order valence-corrected chi connectivity index (χ3v) is 5.48. The molecule has 4 rings (SSSR count). The Labute approximate surface area is 161 Å². The van der Waals surface area contributed by atoms with Crippen molar-refractivity contribution in [1.29, 1.82) is 0 Å². The first-order chi connectivity index (χ1) is 13.2. The van der Waals surface area contributed by atoms with E-state index >= 15 is 0 Å². The van der Waals surface area contributed by atoms with Crippen LogP contribution in [0.25, 0.3) is 10.6 Å². The summed E-state index contributed by atoms with van der Waals surface area (Å²) >= 11 is 1.57. The van der Waals surface area contributed by atoms with Crippen molar-refractivity contribution in [1.82, 2.24) is 9.88 Å². The number of nitrogens with one attached hydrogen (secondary N) is 1. The summed E-state index contributed by atoms with van der Waals surface area (Å²) in [6.45, 7) is 0.459. The van der Waals surface area contributed by atoms with Gasteiger partial charge in [0, 0.05) is 35.8 Å². The molecular formula is C21H19N3O2S. The number of anilines is 1. The highest BCUT2D eigenvalue weighted by Crippen LogP contribution is 2.25. The minimum atomic E-state index is -0.434. The second-order valence-electron chi connectivity index (χ2n) is 6.47. The molecule has 1 aliphatic rings. The Hall–Kier alpha value is -2.99. The Morgan fingerprint density at radius 3 is 2.63 bits per heavy atom. The Morgan fingerprint density at radius 1 is 1.15 bits per heavy atom. The number of carbonyl (C=O) groups is 2. The molecule has 0 bridgehead atoms. The zero-order chi connectivity index (χ0) is 18.6. The van der Waals surface area contributed by atoms with Crippen molar-refractivity contribution in [2.45, 2.75) is 25.4 Å². The van der Waals surface area contributed by atoms with Crippen LogP contribution in [0.3, 0.4) is 0 Å². The molecule has 0 saturated carbocycles. The number of benzene rings is 2. The standard InChI is InChI=1S/C21H19N3O2S/c25-19-11-10-18(24(19)14-15-4-2-1-3-5-15)20(26)23-17-8-6-16(7-9-17)21-22-12-13-27-21/h1-9,12-13,18H,10-11,14H2,(H,23,26). The SMILES string of the molecule is O=C(Nc1ccc(-c2nccs2)cc1)C1CCC(=O)N1Cc1ccccc1. The first-order valence-corrected chi connectivity index (χ1v) is 9.73. The normalized spacial score (nSPS) is 16.5. The number of hydrogen-bond donors (Lipinski definition) is 1. The molecule has 2 heterocycles. The average molecular weight is 377 g/mol. The van der Waals surface area contributed by atoms with Gasteiger partial charge in [-0.1, -0.05) is 30.3 Å². The summed E-state index contributed by atoms with van der Waals surface area (Å²) < 4.78 is 0. The summed E-state index contributed by atoms with van der Waals surface area (Å²) in [7, 11) is 0. The van der Waals surface area contributed by atoms with E-state index in [1.54, 1.807) is 22.4 Å². The van der Waals surface area contributed by atoms with Crippen LogP contribution in [-0.2, 0) is 16.1 Å². The summed E-state index contributed by atoms with van der Waals surface area (Å²) in [5.74, 6) is -0.114. The van der Waals surface area contributed by atoms with Crippen molar-refractivity contribution in [2.24, 2.45) is 0 Å². The number of amides is 2. The van der Waals surface area contributed by atoms with Gasteiger partial charge in [-0.2, -0.15) is 0 Å². The Kier molecular flexibility index (Phi) is 4.98. The van der Waals surface area contributed by atoms with Gasteiger partial charge in [0.25, 0.3) is 0 Å². The van der Waals surface area contributed by atoms with Crippen LogP contribution >= 0.6 is 11.3 Å². The van der Waals surface area contributed by atoms with Gasteiger partial charge in [-0.3, -0.25) is 9.59 Å². The van der Waals surface area contributed by atoms with Crippen LogP contribution in [0.5, 0.6) is 0 Å². The van der Waals surface area contributed by atoms with Crippen molar-refractivity contribution in [3.05, 3.63) is 71.7 Å². The Balaban J connectivity index is 1.44. The van der Waals surface area contributed by atoms with Crippen LogP contribution in [0.1, 0.15) is 18.4 Å². The number of hydrogen-bond acceptors (Lipinski definition) is 4. The summed E-state index contributed by atoms with van der Waals surface area (Å²) in [5.41, 5.74) is 2.77. The highest BCUT2D eigenvalue weighted by atomic mass is 32.1. The van der Waals surface area contributed by atoms with Crippen LogP contribution in [0.4, 0.5) is 5.69 Å². The summed E-state index contributed by atoms with van der Waals surface area (Å²) in [6, 6.07) is 16.9. The monoisotopic (exact) mass is 377 g/mol. The number of rotatable bonds is 5. The van der Waals surface area contributed by atoms with E-state index < -0.39 is 6.04 Å². The van der Waals surface area contributed by atoms with E-state index in [2.05, 4.69) is 10.3 Å². The van der Waals surface area contributed by atoms with Crippen LogP contribution in [0, 0.1) is 0 Å². The lowest BCUT2D eigenvalue weighted by molar-refractivity contribution is -0.133. The maximum atomic E-state index is 12.8.